The second kappa shape index (κ2) is 11.7. The molecule has 0 radical (unpaired) electrons. The lowest BCUT2D eigenvalue weighted by atomic mass is 9.90. The van der Waals surface area contributed by atoms with Crippen molar-refractivity contribution >= 4 is 21.8 Å². The van der Waals surface area contributed by atoms with E-state index in [9.17, 15) is 8.42 Å². The van der Waals surface area contributed by atoms with Crippen LogP contribution in [0.25, 0.3) is 0 Å². The van der Waals surface area contributed by atoms with Crippen molar-refractivity contribution in [2.75, 3.05) is 0 Å². The van der Waals surface area contributed by atoms with E-state index in [1.54, 1.807) is 0 Å². The lowest BCUT2D eigenvalue weighted by molar-refractivity contribution is 0.470. The zero-order chi connectivity index (χ0) is 23.1. The summed E-state index contributed by atoms with van der Waals surface area (Å²) >= 11 is 0. The van der Waals surface area contributed by atoms with Crippen LogP contribution in [0.4, 0.5) is 0 Å². The first kappa shape index (κ1) is 24.6. The molecule has 5 heteroatoms. The van der Waals surface area contributed by atoms with E-state index in [1.165, 1.54) is 0 Å². The number of nitrogens with one attached hydrogen (secondary N) is 1. The maximum atomic E-state index is 13.4. The summed E-state index contributed by atoms with van der Waals surface area (Å²) in [6.07, 6.45) is 3.01. The van der Waals surface area contributed by atoms with Crippen LogP contribution >= 0.6 is 0 Å². The lowest BCUT2D eigenvalue weighted by Crippen LogP contribution is -2.35. The van der Waals surface area contributed by atoms with Crippen molar-refractivity contribution in [1.29, 1.82) is 0 Å². The maximum Gasteiger partial charge on any atom is 0.125 e. The minimum Gasteiger partial charge on any atom is -0.249 e. The van der Waals surface area contributed by atoms with Gasteiger partial charge in [0, 0.05) is 15.8 Å². The van der Waals surface area contributed by atoms with Crippen LogP contribution in [0.5, 0.6) is 0 Å². The zero-order valence-corrected chi connectivity index (χ0v) is 21.0. The third-order valence-electron chi connectivity index (χ3n) is 5.81. The smallest absolute Gasteiger partial charge is 0.125 e. The van der Waals surface area contributed by atoms with Crippen LogP contribution in [-0.2, 0) is 21.8 Å². The first-order chi connectivity index (χ1) is 15.4. The Morgan fingerprint density at radius 2 is 1.38 bits per heavy atom. The van der Waals surface area contributed by atoms with E-state index in [1.807, 2.05) is 80.6 Å². The van der Waals surface area contributed by atoms with Gasteiger partial charge in [-0.3, -0.25) is 0 Å². The number of rotatable bonds is 10. The fraction of sp³-hybridized carbons (Fsp3) is 0.333. The largest absolute Gasteiger partial charge is 0.249 e. The normalized spacial score (nSPS) is 15.1. The fourth-order valence-corrected chi connectivity index (χ4v) is 6.16. The van der Waals surface area contributed by atoms with Crippen molar-refractivity contribution in [3.8, 4) is 0 Å². The molecule has 0 unspecified atom stereocenters. The standard InChI is InChI=1S/C27H33NO2S2/c1-5-6-10-26(28-32(30)24-18-14-21(3)15-19-24)22(4)25-9-7-8-11-27(25)31(29)23-16-12-20(2)13-17-23/h7-9,11-19,22,26,28H,5-6,10H2,1-4H3/t22-,26+,31-,32-/m0/s1. The summed E-state index contributed by atoms with van der Waals surface area (Å²) in [6.45, 7) is 8.36. The van der Waals surface area contributed by atoms with Crippen molar-refractivity contribution in [2.45, 2.75) is 73.6 Å². The number of benzene rings is 3. The first-order valence-electron chi connectivity index (χ1n) is 11.2. The second-order valence-electron chi connectivity index (χ2n) is 8.36. The Morgan fingerprint density at radius 3 is 1.97 bits per heavy atom. The highest BCUT2D eigenvalue weighted by molar-refractivity contribution is 7.85. The molecule has 3 aromatic carbocycles. The number of aryl methyl sites for hydroxylation is 2. The topological polar surface area (TPSA) is 46.2 Å². The molecule has 0 saturated heterocycles. The summed E-state index contributed by atoms with van der Waals surface area (Å²) in [4.78, 5) is 2.41. The van der Waals surface area contributed by atoms with E-state index in [0.717, 1.165) is 50.6 Å². The average Bonchev–Trinajstić information content (AvgIpc) is 2.81. The zero-order valence-electron chi connectivity index (χ0n) is 19.3. The van der Waals surface area contributed by atoms with Crippen LogP contribution < -0.4 is 4.72 Å². The Labute approximate surface area is 197 Å². The highest BCUT2D eigenvalue weighted by atomic mass is 32.2. The summed E-state index contributed by atoms with van der Waals surface area (Å²) in [5.41, 5.74) is 3.34. The van der Waals surface area contributed by atoms with Gasteiger partial charge in [-0.15, -0.1) is 0 Å². The third-order valence-corrected chi connectivity index (χ3v) is 8.50. The summed E-state index contributed by atoms with van der Waals surface area (Å²) in [5, 5.41) is 0. The van der Waals surface area contributed by atoms with E-state index in [2.05, 4.69) is 24.6 Å². The molecule has 1 N–H and O–H groups in total. The molecule has 0 heterocycles. The Balaban J connectivity index is 1.88. The quantitative estimate of drug-likeness (QED) is 0.373. The molecule has 32 heavy (non-hydrogen) atoms. The van der Waals surface area contributed by atoms with E-state index in [0.29, 0.717) is 0 Å². The van der Waals surface area contributed by atoms with E-state index in [4.69, 9.17) is 0 Å². The van der Waals surface area contributed by atoms with Crippen LogP contribution in [0.15, 0.2) is 87.5 Å². The van der Waals surface area contributed by atoms with E-state index in [-0.39, 0.29) is 12.0 Å². The molecule has 3 rings (SSSR count). The number of hydrogen-bond donors (Lipinski definition) is 1. The first-order valence-corrected chi connectivity index (χ1v) is 13.5. The van der Waals surface area contributed by atoms with Crippen LogP contribution in [-0.4, -0.2) is 14.5 Å². The molecule has 0 amide bonds. The Morgan fingerprint density at radius 1 is 0.812 bits per heavy atom. The van der Waals surface area contributed by atoms with E-state index < -0.39 is 21.8 Å². The molecule has 0 aliphatic heterocycles. The number of unbranched alkanes of at least 4 members (excludes halogenated alkanes) is 1. The minimum absolute atomic E-state index is 0.00764. The molecule has 0 aliphatic carbocycles. The van der Waals surface area contributed by atoms with Gasteiger partial charge in [-0.05, 0) is 62.1 Å². The molecule has 0 saturated carbocycles. The van der Waals surface area contributed by atoms with Crippen molar-refractivity contribution in [3.63, 3.8) is 0 Å². The molecule has 170 valence electrons. The minimum atomic E-state index is -1.30. The third kappa shape index (κ3) is 6.25. The highest BCUT2D eigenvalue weighted by Gasteiger charge is 2.25. The highest BCUT2D eigenvalue weighted by Crippen LogP contribution is 2.30. The molecule has 0 bridgehead atoms. The molecule has 0 aromatic heterocycles. The van der Waals surface area contributed by atoms with Crippen LogP contribution in [0.3, 0.4) is 0 Å². The van der Waals surface area contributed by atoms with Crippen molar-refractivity contribution in [3.05, 3.63) is 89.5 Å². The van der Waals surface area contributed by atoms with Gasteiger partial charge in [-0.2, -0.15) is 0 Å². The van der Waals surface area contributed by atoms with Gasteiger partial charge in [-0.1, -0.05) is 80.3 Å². The summed E-state index contributed by atoms with van der Waals surface area (Å²) < 4.78 is 29.9. The van der Waals surface area contributed by atoms with Gasteiger partial charge in [-0.25, -0.2) is 13.1 Å². The SMILES string of the molecule is CCCC[C@@H](N[S@@](=O)c1ccc(C)cc1)[C@@H](C)c1ccccc1[S@@](=O)c1ccc(C)cc1. The predicted molar refractivity (Wildman–Crippen MR) is 135 cm³/mol. The van der Waals surface area contributed by atoms with Gasteiger partial charge in [0.15, 0.2) is 0 Å². The van der Waals surface area contributed by atoms with Crippen LogP contribution in [0.1, 0.15) is 55.7 Å². The summed E-state index contributed by atoms with van der Waals surface area (Å²) in [6, 6.07) is 23.6. The summed E-state index contributed by atoms with van der Waals surface area (Å²) in [5.74, 6) is 0.0570. The Bertz CT molecular complexity index is 1060. The number of hydrogen-bond acceptors (Lipinski definition) is 2. The molecule has 0 spiro atoms. The van der Waals surface area contributed by atoms with Gasteiger partial charge in [0.05, 0.1) is 15.7 Å². The second-order valence-corrected chi connectivity index (χ2v) is 11.0. The molecular weight excluding hydrogens is 434 g/mol. The molecule has 3 nitrogen and oxygen atoms in total. The van der Waals surface area contributed by atoms with Crippen molar-refractivity contribution in [1.82, 2.24) is 4.72 Å². The maximum absolute atomic E-state index is 13.4. The van der Waals surface area contributed by atoms with Gasteiger partial charge < -0.3 is 0 Å². The van der Waals surface area contributed by atoms with Crippen molar-refractivity contribution < 1.29 is 8.42 Å². The van der Waals surface area contributed by atoms with E-state index >= 15 is 0 Å². The van der Waals surface area contributed by atoms with Gasteiger partial charge in [0.1, 0.15) is 11.0 Å². The predicted octanol–water partition coefficient (Wildman–Crippen LogP) is 6.44. The summed E-state index contributed by atoms with van der Waals surface area (Å²) in [7, 11) is -2.57. The van der Waals surface area contributed by atoms with Gasteiger partial charge in [0.25, 0.3) is 0 Å². The fourth-order valence-electron chi connectivity index (χ4n) is 3.73. The average molecular weight is 468 g/mol. The molecule has 3 aromatic rings. The molecule has 4 atom stereocenters. The molecule has 0 fully saturated rings. The Kier molecular flexibility index (Phi) is 8.97. The lowest BCUT2D eigenvalue weighted by Gasteiger charge is -2.27. The van der Waals surface area contributed by atoms with Crippen LogP contribution in [0.2, 0.25) is 0 Å². The van der Waals surface area contributed by atoms with Crippen LogP contribution in [0, 0.1) is 13.8 Å². The Hall–Kier alpha value is -2.08. The van der Waals surface area contributed by atoms with Gasteiger partial charge >= 0.3 is 0 Å². The van der Waals surface area contributed by atoms with Gasteiger partial charge in [0.2, 0.25) is 0 Å². The molecular formula is C27H33NO2S2. The van der Waals surface area contributed by atoms with Crippen molar-refractivity contribution in [2.24, 2.45) is 0 Å². The molecule has 0 aliphatic rings. The monoisotopic (exact) mass is 467 g/mol.